The van der Waals surface area contributed by atoms with E-state index in [1.807, 2.05) is 0 Å². The van der Waals surface area contributed by atoms with Gasteiger partial charge in [-0.3, -0.25) is 0 Å². The lowest BCUT2D eigenvalue weighted by molar-refractivity contribution is 1.20. The number of nitrogens with two attached hydrogens (primary N) is 1. The minimum Gasteiger partial charge on any atom is -0.382 e. The van der Waals surface area contributed by atoms with Crippen LogP contribution in [0.15, 0.2) is 12.7 Å². The van der Waals surface area contributed by atoms with Crippen LogP contribution < -0.4 is 5.73 Å². The second-order valence-electron chi connectivity index (χ2n) is 3.86. The van der Waals surface area contributed by atoms with Crippen molar-refractivity contribution in [2.24, 2.45) is 0 Å². The number of anilines is 1. The topological polar surface area (TPSA) is 135 Å². The average molecular weight is 359 g/mol. The maximum Gasteiger partial charge on any atom is 0.226 e. The molecule has 112 valence electrons. The van der Waals surface area contributed by atoms with Gasteiger partial charge in [0.1, 0.15) is 11.0 Å². The van der Waals surface area contributed by atoms with E-state index in [2.05, 4.69) is 39.9 Å². The molecule has 0 atom stereocenters. The lowest BCUT2D eigenvalue weighted by Crippen LogP contribution is -1.93. The zero-order valence-electron chi connectivity index (χ0n) is 10.5. The van der Waals surface area contributed by atoms with Gasteiger partial charge < -0.3 is 15.7 Å². The van der Waals surface area contributed by atoms with Crippen LogP contribution in [0.1, 0.15) is 0 Å². The summed E-state index contributed by atoms with van der Waals surface area (Å²) in [5.74, 6) is 0.317. The zero-order chi connectivity index (χ0) is 15.7. The Morgan fingerprint density at radius 3 is 2.00 bits per heavy atom. The van der Waals surface area contributed by atoms with Crippen LogP contribution in [0.3, 0.4) is 0 Å². The fourth-order valence-electron chi connectivity index (χ4n) is 1.60. The molecule has 0 aromatic carbocycles. The average Bonchev–Trinajstić information content (AvgIpc) is 3.07. The summed E-state index contributed by atoms with van der Waals surface area (Å²) in [6, 6.07) is 0. The highest BCUT2D eigenvalue weighted by molar-refractivity contribution is 6.35. The van der Waals surface area contributed by atoms with Crippen molar-refractivity contribution < 1.29 is 0 Å². The molecule has 0 saturated heterocycles. The van der Waals surface area contributed by atoms with Gasteiger partial charge in [0, 0.05) is 0 Å². The number of aromatic nitrogens is 8. The molecule has 12 heteroatoms. The molecule has 0 amide bonds. The van der Waals surface area contributed by atoms with Crippen molar-refractivity contribution >= 4 is 62.9 Å². The molecule has 0 aliphatic rings. The van der Waals surface area contributed by atoms with E-state index in [0.29, 0.717) is 28.1 Å². The molecule has 9 nitrogen and oxygen atoms in total. The first-order valence-corrected chi connectivity index (χ1v) is 6.82. The molecule has 4 N–H and O–H groups in total. The number of nitrogens with one attached hydrogen (secondary N) is 2. The van der Waals surface area contributed by atoms with E-state index in [4.69, 9.17) is 40.5 Å². The summed E-state index contributed by atoms with van der Waals surface area (Å²) in [5, 5.41) is 0.509. The highest BCUT2D eigenvalue weighted by Gasteiger charge is 2.05. The van der Waals surface area contributed by atoms with E-state index in [1.54, 1.807) is 0 Å². The van der Waals surface area contributed by atoms with Crippen LogP contribution in [-0.4, -0.2) is 39.9 Å². The van der Waals surface area contributed by atoms with Gasteiger partial charge in [-0.1, -0.05) is 11.6 Å². The molecule has 22 heavy (non-hydrogen) atoms. The summed E-state index contributed by atoms with van der Waals surface area (Å²) >= 11 is 16.7. The second-order valence-corrected chi connectivity index (χ2v) is 4.90. The quantitative estimate of drug-likeness (QED) is 0.324. The van der Waals surface area contributed by atoms with Gasteiger partial charge >= 0.3 is 0 Å². The van der Waals surface area contributed by atoms with Crippen LogP contribution in [0.4, 0.5) is 5.82 Å². The normalized spacial score (nSPS) is 10.7. The summed E-state index contributed by atoms with van der Waals surface area (Å²) in [6.45, 7) is 0. The molecule has 0 aliphatic carbocycles. The Bertz CT molecular complexity index is 869. The first kappa shape index (κ1) is 14.7. The summed E-state index contributed by atoms with van der Waals surface area (Å²) < 4.78 is 0. The van der Waals surface area contributed by atoms with Gasteiger partial charge in [0.25, 0.3) is 0 Å². The van der Waals surface area contributed by atoms with Crippen molar-refractivity contribution in [1.82, 2.24) is 39.9 Å². The highest BCUT2D eigenvalue weighted by Crippen LogP contribution is 2.17. The first-order chi connectivity index (χ1) is 10.5. The molecule has 0 aliphatic heterocycles. The molecule has 0 bridgehead atoms. The number of imidazole rings is 2. The standard InChI is InChI=1S/C5H2Cl2N4.C5H4ClN5/c6-3-2-4(9-1-8-2)11-5(7)10-3;6-5-10-3(7)2-4(11-5)9-1-8-2/h1H,(H,8,9,10,11);1H,(H3,7,8,9,10,11). The van der Waals surface area contributed by atoms with Crippen LogP contribution in [0.25, 0.3) is 22.3 Å². The van der Waals surface area contributed by atoms with Gasteiger partial charge in [-0.15, -0.1) is 0 Å². The monoisotopic (exact) mass is 357 g/mol. The largest absolute Gasteiger partial charge is 0.382 e. The van der Waals surface area contributed by atoms with Gasteiger partial charge in [0.15, 0.2) is 22.3 Å². The SMILES string of the molecule is Clc1nc(Cl)c2[nH]cnc2n1.Nc1nc(Cl)nc2nc[nH]c12. The van der Waals surface area contributed by atoms with Gasteiger partial charge in [-0.2, -0.15) is 15.0 Å². The second kappa shape index (κ2) is 5.87. The van der Waals surface area contributed by atoms with Gasteiger partial charge in [-0.25, -0.2) is 15.0 Å². The Hall–Kier alpha value is -2.23. The van der Waals surface area contributed by atoms with E-state index < -0.39 is 0 Å². The molecule has 4 aromatic heterocycles. The van der Waals surface area contributed by atoms with Crippen molar-refractivity contribution in [2.75, 3.05) is 5.73 Å². The van der Waals surface area contributed by atoms with Crippen molar-refractivity contribution in [3.8, 4) is 0 Å². The van der Waals surface area contributed by atoms with Crippen LogP contribution >= 0.6 is 34.8 Å². The third-order valence-electron chi connectivity index (χ3n) is 2.50. The van der Waals surface area contributed by atoms with Crippen molar-refractivity contribution in [3.05, 3.63) is 28.4 Å². The van der Waals surface area contributed by atoms with E-state index in [0.717, 1.165) is 0 Å². The number of nitrogen functional groups attached to an aromatic ring is 1. The van der Waals surface area contributed by atoms with Crippen molar-refractivity contribution in [2.45, 2.75) is 0 Å². The first-order valence-electron chi connectivity index (χ1n) is 5.69. The molecule has 0 fully saturated rings. The minimum atomic E-state index is 0.106. The molecule has 4 aromatic rings. The summed E-state index contributed by atoms with van der Waals surface area (Å²) in [4.78, 5) is 28.4. The summed E-state index contributed by atoms with van der Waals surface area (Å²) in [7, 11) is 0. The van der Waals surface area contributed by atoms with E-state index in [1.165, 1.54) is 12.7 Å². The number of hydrogen-bond donors (Lipinski definition) is 3. The number of nitrogens with zero attached hydrogens (tertiary/aromatic N) is 6. The maximum atomic E-state index is 5.70. The maximum absolute atomic E-state index is 5.70. The smallest absolute Gasteiger partial charge is 0.226 e. The number of rotatable bonds is 0. The Morgan fingerprint density at radius 1 is 0.773 bits per heavy atom. The van der Waals surface area contributed by atoms with Gasteiger partial charge in [0.2, 0.25) is 10.6 Å². The van der Waals surface area contributed by atoms with Crippen molar-refractivity contribution in [1.29, 1.82) is 0 Å². The summed E-state index contributed by atoms with van der Waals surface area (Å²) in [5.41, 5.74) is 7.69. The Kier molecular flexibility index (Phi) is 3.92. The molecule has 0 radical (unpaired) electrons. The lowest BCUT2D eigenvalue weighted by atomic mass is 10.5. The van der Waals surface area contributed by atoms with Crippen LogP contribution in [0.2, 0.25) is 15.7 Å². The van der Waals surface area contributed by atoms with Gasteiger partial charge in [0.05, 0.1) is 12.7 Å². The zero-order valence-corrected chi connectivity index (χ0v) is 12.8. The third kappa shape index (κ3) is 2.86. The minimum absolute atomic E-state index is 0.106. The van der Waals surface area contributed by atoms with Crippen LogP contribution in [0, 0.1) is 0 Å². The van der Waals surface area contributed by atoms with Crippen LogP contribution in [-0.2, 0) is 0 Å². The third-order valence-corrected chi connectivity index (χ3v) is 3.11. The highest BCUT2D eigenvalue weighted by atomic mass is 35.5. The number of fused-ring (bicyclic) bond motifs is 2. The molecule has 0 saturated carbocycles. The molecular weight excluding hydrogens is 353 g/mol. The predicted octanol–water partition coefficient (Wildman–Crippen LogP) is 2.25. The van der Waals surface area contributed by atoms with E-state index in [9.17, 15) is 0 Å². The molecular formula is C10H6Cl3N9. The van der Waals surface area contributed by atoms with Crippen molar-refractivity contribution in [3.63, 3.8) is 0 Å². The lowest BCUT2D eigenvalue weighted by Gasteiger charge is -1.92. The molecule has 4 heterocycles. The fourth-order valence-corrected chi connectivity index (χ4v) is 2.20. The Balaban J connectivity index is 0.000000131. The molecule has 0 spiro atoms. The predicted molar refractivity (Wildman–Crippen MR) is 82.8 cm³/mol. The van der Waals surface area contributed by atoms with E-state index >= 15 is 0 Å². The Morgan fingerprint density at radius 2 is 1.32 bits per heavy atom. The summed E-state index contributed by atoms with van der Waals surface area (Å²) in [6.07, 6.45) is 2.98. The molecule has 4 rings (SSSR count). The van der Waals surface area contributed by atoms with Crippen LogP contribution in [0.5, 0.6) is 0 Å². The number of halogens is 3. The fraction of sp³-hybridized carbons (Fsp3) is 0. The Labute approximate surface area is 137 Å². The number of hydrogen-bond acceptors (Lipinski definition) is 7. The van der Waals surface area contributed by atoms with Gasteiger partial charge in [-0.05, 0) is 23.2 Å². The molecule has 0 unspecified atom stereocenters. The van der Waals surface area contributed by atoms with E-state index in [-0.39, 0.29) is 15.7 Å². The number of H-pyrrole nitrogens is 2. The number of aromatic amines is 2.